The monoisotopic (exact) mass is 336 g/mol. The number of benzene rings is 2. The van der Waals surface area contributed by atoms with Gasteiger partial charge in [-0.15, -0.1) is 0 Å². The number of nitrogens with two attached hydrogens (primary N) is 1. The lowest BCUT2D eigenvalue weighted by Gasteiger charge is -2.28. The van der Waals surface area contributed by atoms with E-state index in [9.17, 15) is 4.79 Å². The van der Waals surface area contributed by atoms with Gasteiger partial charge in [-0.05, 0) is 60.1 Å². The molecule has 4 rings (SSSR count). The lowest BCUT2D eigenvalue weighted by atomic mass is 9.94. The summed E-state index contributed by atoms with van der Waals surface area (Å²) in [7, 11) is 1.66. The van der Waals surface area contributed by atoms with Gasteiger partial charge in [-0.25, -0.2) is 0 Å². The van der Waals surface area contributed by atoms with Gasteiger partial charge >= 0.3 is 0 Å². The van der Waals surface area contributed by atoms with Gasteiger partial charge in [-0.1, -0.05) is 24.3 Å². The second-order valence-electron chi connectivity index (χ2n) is 7.15. The zero-order chi connectivity index (χ0) is 17.6. The highest BCUT2D eigenvalue weighted by atomic mass is 16.5. The quantitative estimate of drug-likeness (QED) is 0.933. The molecule has 1 aliphatic heterocycles. The molecule has 2 aliphatic rings. The van der Waals surface area contributed by atoms with Crippen LogP contribution in [0.3, 0.4) is 0 Å². The molecule has 1 heterocycles. The van der Waals surface area contributed by atoms with Crippen LogP contribution < -0.4 is 10.5 Å². The van der Waals surface area contributed by atoms with Gasteiger partial charge in [-0.3, -0.25) is 4.79 Å². The molecule has 0 bridgehead atoms. The van der Waals surface area contributed by atoms with Gasteiger partial charge in [0, 0.05) is 24.7 Å². The summed E-state index contributed by atoms with van der Waals surface area (Å²) in [6.45, 7) is 3.44. The van der Waals surface area contributed by atoms with E-state index in [0.29, 0.717) is 18.4 Å². The molecular formula is C21H24N2O2. The van der Waals surface area contributed by atoms with Crippen LogP contribution in [-0.4, -0.2) is 37.0 Å². The van der Waals surface area contributed by atoms with E-state index in [0.717, 1.165) is 34.5 Å². The average molecular weight is 336 g/mol. The van der Waals surface area contributed by atoms with E-state index in [2.05, 4.69) is 0 Å². The summed E-state index contributed by atoms with van der Waals surface area (Å²) in [5.41, 5.74) is 9.81. The molecule has 1 aliphatic carbocycles. The third-order valence-electron chi connectivity index (χ3n) is 5.67. The Morgan fingerprint density at radius 1 is 1.28 bits per heavy atom. The fourth-order valence-electron chi connectivity index (χ4n) is 4.27. The minimum Gasteiger partial charge on any atom is -0.497 e. The first-order chi connectivity index (χ1) is 12.1. The topological polar surface area (TPSA) is 55.6 Å². The van der Waals surface area contributed by atoms with Crippen LogP contribution >= 0.6 is 0 Å². The minimum absolute atomic E-state index is 0.101. The van der Waals surface area contributed by atoms with E-state index in [4.69, 9.17) is 10.5 Å². The van der Waals surface area contributed by atoms with Crippen molar-refractivity contribution in [2.75, 3.05) is 20.2 Å². The molecule has 2 aromatic carbocycles. The van der Waals surface area contributed by atoms with Crippen LogP contribution in [-0.2, 0) is 0 Å². The second kappa shape index (κ2) is 6.19. The molecule has 0 spiro atoms. The lowest BCUT2D eigenvalue weighted by Crippen LogP contribution is -2.43. The molecule has 0 unspecified atom stereocenters. The van der Waals surface area contributed by atoms with E-state index in [1.165, 1.54) is 6.42 Å². The lowest BCUT2D eigenvalue weighted by molar-refractivity contribution is 0.0713. The van der Waals surface area contributed by atoms with E-state index in [-0.39, 0.29) is 11.9 Å². The minimum atomic E-state index is 0.101. The largest absolute Gasteiger partial charge is 0.497 e. The van der Waals surface area contributed by atoms with E-state index in [1.54, 1.807) is 7.11 Å². The van der Waals surface area contributed by atoms with E-state index < -0.39 is 0 Å². The number of carbonyl (C=O) groups is 1. The highest BCUT2D eigenvalue weighted by molar-refractivity contribution is 6.02. The van der Waals surface area contributed by atoms with Crippen molar-refractivity contribution < 1.29 is 9.53 Å². The number of rotatable bonds is 4. The first-order valence-electron chi connectivity index (χ1n) is 8.89. The van der Waals surface area contributed by atoms with Crippen LogP contribution in [0.1, 0.15) is 22.3 Å². The Morgan fingerprint density at radius 3 is 2.84 bits per heavy atom. The first-order valence-corrected chi connectivity index (χ1v) is 8.89. The van der Waals surface area contributed by atoms with Crippen molar-refractivity contribution in [3.05, 3.63) is 53.6 Å². The Balaban J connectivity index is 1.75. The summed E-state index contributed by atoms with van der Waals surface area (Å²) in [6.07, 6.45) is 1.22. The standard InChI is InChI=1S/C21H24N2O2/c1-13-5-3-8-17(20(13)14-6-4-7-16(9-14)25-2)21(24)23-12-15-10-18(15)19(23)11-22/h3-9,15,18-19H,10-12,22H2,1-2H3/t15-,18-,19-/m1/s1. The molecule has 1 saturated heterocycles. The highest BCUT2D eigenvalue weighted by Crippen LogP contribution is 2.49. The summed E-state index contributed by atoms with van der Waals surface area (Å²) in [5, 5.41) is 0. The Morgan fingerprint density at radius 2 is 2.08 bits per heavy atom. The Labute approximate surface area is 148 Å². The van der Waals surface area contributed by atoms with Crippen molar-refractivity contribution in [1.29, 1.82) is 0 Å². The number of fused-ring (bicyclic) bond motifs is 1. The second-order valence-corrected chi connectivity index (χ2v) is 7.15. The van der Waals surface area contributed by atoms with Crippen LogP contribution in [0.2, 0.25) is 0 Å². The molecule has 1 saturated carbocycles. The maximum absolute atomic E-state index is 13.3. The fraction of sp³-hybridized carbons (Fsp3) is 0.381. The normalized spacial score (nSPS) is 24.1. The van der Waals surface area contributed by atoms with Gasteiger partial charge in [0.25, 0.3) is 5.91 Å². The zero-order valence-corrected chi connectivity index (χ0v) is 14.7. The number of carbonyl (C=O) groups excluding carboxylic acids is 1. The van der Waals surface area contributed by atoms with Crippen LogP contribution in [0, 0.1) is 18.8 Å². The number of hydrogen-bond acceptors (Lipinski definition) is 3. The number of methoxy groups -OCH3 is 1. The Kier molecular flexibility index (Phi) is 4.00. The third-order valence-corrected chi connectivity index (χ3v) is 5.67. The van der Waals surface area contributed by atoms with Gasteiger partial charge in [-0.2, -0.15) is 0 Å². The third kappa shape index (κ3) is 2.71. The van der Waals surface area contributed by atoms with E-state index >= 15 is 0 Å². The Hall–Kier alpha value is -2.33. The molecule has 2 fully saturated rings. The smallest absolute Gasteiger partial charge is 0.254 e. The SMILES string of the molecule is COc1cccc(-c2c(C)cccc2C(=O)N2C[C@H]3C[C@H]3[C@H]2CN)c1. The summed E-state index contributed by atoms with van der Waals surface area (Å²) in [6, 6.07) is 14.0. The van der Waals surface area contributed by atoms with Crippen molar-refractivity contribution in [1.82, 2.24) is 4.90 Å². The first kappa shape index (κ1) is 16.2. The summed E-state index contributed by atoms with van der Waals surface area (Å²) in [4.78, 5) is 15.3. The van der Waals surface area contributed by atoms with Crippen molar-refractivity contribution >= 4 is 5.91 Å². The Bertz CT molecular complexity index is 817. The van der Waals surface area contributed by atoms with Gasteiger partial charge in [0.1, 0.15) is 5.75 Å². The van der Waals surface area contributed by atoms with Crippen LogP contribution in [0.5, 0.6) is 5.75 Å². The maximum atomic E-state index is 13.3. The van der Waals surface area contributed by atoms with Crippen molar-refractivity contribution in [3.8, 4) is 16.9 Å². The van der Waals surface area contributed by atoms with Gasteiger partial charge in [0.05, 0.1) is 7.11 Å². The summed E-state index contributed by atoms with van der Waals surface area (Å²) >= 11 is 0. The van der Waals surface area contributed by atoms with Crippen LogP contribution in [0.15, 0.2) is 42.5 Å². The van der Waals surface area contributed by atoms with Crippen molar-refractivity contribution in [2.24, 2.45) is 17.6 Å². The molecule has 1 amide bonds. The number of nitrogens with zero attached hydrogens (tertiary/aromatic N) is 1. The molecule has 4 heteroatoms. The molecule has 3 atom stereocenters. The zero-order valence-electron chi connectivity index (χ0n) is 14.7. The molecule has 25 heavy (non-hydrogen) atoms. The molecule has 130 valence electrons. The van der Waals surface area contributed by atoms with Crippen molar-refractivity contribution in [2.45, 2.75) is 19.4 Å². The van der Waals surface area contributed by atoms with Crippen LogP contribution in [0.4, 0.5) is 0 Å². The highest BCUT2D eigenvalue weighted by Gasteiger charge is 2.53. The van der Waals surface area contributed by atoms with E-state index in [1.807, 2.05) is 54.3 Å². The van der Waals surface area contributed by atoms with Gasteiger partial charge in [0.2, 0.25) is 0 Å². The molecule has 4 nitrogen and oxygen atoms in total. The summed E-state index contributed by atoms with van der Waals surface area (Å²) in [5.74, 6) is 2.16. The average Bonchev–Trinajstić information content (AvgIpc) is 3.31. The van der Waals surface area contributed by atoms with Crippen LogP contribution in [0.25, 0.3) is 11.1 Å². The van der Waals surface area contributed by atoms with Gasteiger partial charge < -0.3 is 15.4 Å². The fourth-order valence-corrected chi connectivity index (χ4v) is 4.27. The van der Waals surface area contributed by atoms with Gasteiger partial charge in [0.15, 0.2) is 0 Å². The number of likely N-dealkylation sites (tertiary alicyclic amines) is 1. The number of amides is 1. The number of aryl methyl sites for hydroxylation is 1. The predicted octanol–water partition coefficient (Wildman–Crippen LogP) is 3.09. The molecule has 2 N–H and O–H groups in total. The number of ether oxygens (including phenoxy) is 1. The number of piperidine rings is 1. The summed E-state index contributed by atoms with van der Waals surface area (Å²) < 4.78 is 5.36. The molecule has 0 radical (unpaired) electrons. The molecular weight excluding hydrogens is 312 g/mol. The predicted molar refractivity (Wildman–Crippen MR) is 98.6 cm³/mol. The molecule has 0 aromatic heterocycles. The number of hydrogen-bond donors (Lipinski definition) is 1. The maximum Gasteiger partial charge on any atom is 0.254 e. The molecule has 2 aromatic rings. The van der Waals surface area contributed by atoms with Crippen molar-refractivity contribution in [3.63, 3.8) is 0 Å².